The molecule has 1 rings (SSSR count). The van der Waals surface area contributed by atoms with Crippen molar-refractivity contribution in [1.82, 2.24) is 10.5 Å². The second-order valence-corrected chi connectivity index (χ2v) is 5.42. The number of anilines is 1. The number of carbonyl (C=O) groups excluding carboxylic acids is 2. The van der Waals surface area contributed by atoms with E-state index < -0.39 is 12.1 Å². The Morgan fingerprint density at radius 1 is 1.50 bits per heavy atom. The van der Waals surface area contributed by atoms with Gasteiger partial charge in [0.2, 0.25) is 11.8 Å². The van der Waals surface area contributed by atoms with E-state index >= 15 is 0 Å². The number of amides is 2. The van der Waals surface area contributed by atoms with Gasteiger partial charge in [-0.2, -0.15) is 11.8 Å². The molecule has 112 valence electrons. The number of hydrogen-bond donors (Lipinski definition) is 3. The van der Waals surface area contributed by atoms with Crippen LogP contribution in [0.1, 0.15) is 19.1 Å². The largest absolute Gasteiger partial charge is 0.360 e. The lowest BCUT2D eigenvalue weighted by Crippen LogP contribution is -2.48. The highest BCUT2D eigenvalue weighted by atomic mass is 32.2. The molecule has 0 unspecified atom stereocenters. The number of carbonyl (C=O) groups is 2. The van der Waals surface area contributed by atoms with Crippen molar-refractivity contribution < 1.29 is 14.1 Å². The summed E-state index contributed by atoms with van der Waals surface area (Å²) < 4.78 is 4.83. The van der Waals surface area contributed by atoms with E-state index in [1.807, 2.05) is 6.26 Å². The van der Waals surface area contributed by atoms with Crippen molar-refractivity contribution >= 4 is 29.4 Å². The molecule has 1 aromatic rings. The van der Waals surface area contributed by atoms with E-state index in [-0.39, 0.29) is 11.8 Å². The van der Waals surface area contributed by atoms with E-state index in [1.54, 1.807) is 31.7 Å². The fraction of sp³-hybridized carbons (Fsp3) is 0.583. The predicted octanol–water partition coefficient (Wildman–Crippen LogP) is 0.507. The Kier molecular flexibility index (Phi) is 6.53. The average Bonchev–Trinajstić information content (AvgIpc) is 2.80. The molecular weight excluding hydrogens is 280 g/mol. The lowest BCUT2D eigenvalue weighted by Gasteiger charge is -2.16. The number of hydrogen-bond acceptors (Lipinski definition) is 6. The van der Waals surface area contributed by atoms with Crippen LogP contribution >= 0.6 is 11.8 Å². The summed E-state index contributed by atoms with van der Waals surface area (Å²) in [5.74, 6) is 1.01. The molecule has 2 atom stereocenters. The Morgan fingerprint density at radius 3 is 2.75 bits per heavy atom. The van der Waals surface area contributed by atoms with E-state index in [0.29, 0.717) is 18.0 Å². The second kappa shape index (κ2) is 7.91. The zero-order valence-electron chi connectivity index (χ0n) is 11.8. The van der Waals surface area contributed by atoms with Crippen LogP contribution < -0.4 is 16.4 Å². The number of nitrogens with two attached hydrogens (primary N) is 1. The molecule has 0 spiro atoms. The van der Waals surface area contributed by atoms with E-state index in [1.165, 1.54) is 0 Å². The van der Waals surface area contributed by atoms with Gasteiger partial charge >= 0.3 is 0 Å². The standard InChI is InChI=1S/C12H20N4O3S/c1-7-6-10(16-19-7)15-11(17)8(2)14-12(18)9(13)4-5-20-3/h6,8-9H,4-5,13H2,1-3H3,(H,14,18)(H,15,16,17)/t8-,9-/m0/s1. The molecule has 0 saturated carbocycles. The molecular formula is C12H20N4O3S. The van der Waals surface area contributed by atoms with Gasteiger partial charge in [0, 0.05) is 6.07 Å². The predicted molar refractivity (Wildman–Crippen MR) is 78.4 cm³/mol. The molecule has 2 amide bonds. The van der Waals surface area contributed by atoms with Crippen molar-refractivity contribution in [2.75, 3.05) is 17.3 Å². The SMILES string of the molecule is CSCC[C@H](N)C(=O)N[C@@H](C)C(=O)Nc1cc(C)on1. The zero-order valence-corrected chi connectivity index (χ0v) is 12.6. The summed E-state index contributed by atoms with van der Waals surface area (Å²) in [5.41, 5.74) is 5.72. The molecule has 0 aliphatic carbocycles. The molecule has 4 N–H and O–H groups in total. The Morgan fingerprint density at radius 2 is 2.20 bits per heavy atom. The molecule has 0 aromatic carbocycles. The second-order valence-electron chi connectivity index (χ2n) is 4.43. The van der Waals surface area contributed by atoms with Crippen LogP contribution in [0.5, 0.6) is 0 Å². The van der Waals surface area contributed by atoms with Crippen LogP contribution in [0.15, 0.2) is 10.6 Å². The van der Waals surface area contributed by atoms with Crippen LogP contribution in [0.4, 0.5) is 5.82 Å². The van der Waals surface area contributed by atoms with Crippen molar-refractivity contribution in [3.63, 3.8) is 0 Å². The third-order valence-electron chi connectivity index (χ3n) is 2.60. The Hall–Kier alpha value is -1.54. The van der Waals surface area contributed by atoms with E-state index in [2.05, 4.69) is 15.8 Å². The molecule has 0 saturated heterocycles. The minimum absolute atomic E-state index is 0.320. The summed E-state index contributed by atoms with van der Waals surface area (Å²) in [5, 5.41) is 8.76. The highest BCUT2D eigenvalue weighted by Gasteiger charge is 2.20. The van der Waals surface area contributed by atoms with E-state index in [0.717, 1.165) is 5.75 Å². The van der Waals surface area contributed by atoms with Crippen LogP contribution in [-0.2, 0) is 9.59 Å². The molecule has 7 nitrogen and oxygen atoms in total. The number of thioether (sulfide) groups is 1. The van der Waals surface area contributed by atoms with Gasteiger partial charge in [-0.3, -0.25) is 9.59 Å². The minimum atomic E-state index is -0.695. The highest BCUT2D eigenvalue weighted by molar-refractivity contribution is 7.98. The van der Waals surface area contributed by atoms with E-state index in [4.69, 9.17) is 10.3 Å². The third-order valence-corrected chi connectivity index (χ3v) is 3.24. The van der Waals surface area contributed by atoms with Crippen LogP contribution in [0.3, 0.4) is 0 Å². The number of rotatable bonds is 7. The van der Waals surface area contributed by atoms with Gasteiger partial charge in [0.25, 0.3) is 0 Å². The Balaban J connectivity index is 2.43. The normalized spacial score (nSPS) is 13.6. The van der Waals surface area contributed by atoms with Crippen molar-refractivity contribution in [2.24, 2.45) is 5.73 Å². The number of aryl methyl sites for hydroxylation is 1. The van der Waals surface area contributed by atoms with Crippen molar-refractivity contribution in [2.45, 2.75) is 32.4 Å². The molecule has 1 aromatic heterocycles. The number of nitrogens with one attached hydrogen (secondary N) is 2. The monoisotopic (exact) mass is 300 g/mol. The molecule has 8 heteroatoms. The smallest absolute Gasteiger partial charge is 0.247 e. The Labute approximate surface area is 122 Å². The molecule has 0 aliphatic rings. The molecule has 20 heavy (non-hydrogen) atoms. The maximum absolute atomic E-state index is 11.8. The third kappa shape index (κ3) is 5.22. The van der Waals surface area contributed by atoms with Crippen molar-refractivity contribution in [3.05, 3.63) is 11.8 Å². The first-order chi connectivity index (χ1) is 9.43. The molecule has 0 radical (unpaired) electrons. The van der Waals surface area contributed by atoms with Gasteiger partial charge in [-0.15, -0.1) is 0 Å². The van der Waals surface area contributed by atoms with Gasteiger partial charge < -0.3 is 20.9 Å². The first-order valence-corrected chi connectivity index (χ1v) is 7.62. The van der Waals surface area contributed by atoms with Crippen molar-refractivity contribution in [1.29, 1.82) is 0 Å². The van der Waals surface area contributed by atoms with Gasteiger partial charge in [-0.05, 0) is 32.3 Å². The van der Waals surface area contributed by atoms with Gasteiger partial charge in [0.05, 0.1) is 6.04 Å². The van der Waals surface area contributed by atoms with E-state index in [9.17, 15) is 9.59 Å². The van der Waals surface area contributed by atoms with Gasteiger partial charge in [-0.25, -0.2) is 0 Å². The number of aromatic nitrogens is 1. The minimum Gasteiger partial charge on any atom is -0.360 e. The lowest BCUT2D eigenvalue weighted by molar-refractivity contribution is -0.127. The van der Waals surface area contributed by atoms with Crippen molar-refractivity contribution in [3.8, 4) is 0 Å². The lowest BCUT2D eigenvalue weighted by atomic mass is 10.2. The summed E-state index contributed by atoms with van der Waals surface area (Å²) in [6.07, 6.45) is 2.52. The maximum atomic E-state index is 11.8. The van der Waals surface area contributed by atoms with Crippen LogP contribution in [0, 0.1) is 6.92 Å². The topological polar surface area (TPSA) is 110 Å². The van der Waals surface area contributed by atoms with Crippen LogP contribution in [-0.4, -0.2) is 41.1 Å². The summed E-state index contributed by atoms with van der Waals surface area (Å²) in [6.45, 7) is 3.31. The summed E-state index contributed by atoms with van der Waals surface area (Å²) >= 11 is 1.62. The molecule has 0 fully saturated rings. The first kappa shape index (κ1) is 16.5. The average molecular weight is 300 g/mol. The number of nitrogens with zero attached hydrogens (tertiary/aromatic N) is 1. The molecule has 1 heterocycles. The van der Waals surface area contributed by atoms with Gasteiger partial charge in [-0.1, -0.05) is 5.16 Å². The quantitative estimate of drug-likeness (QED) is 0.676. The van der Waals surface area contributed by atoms with Crippen LogP contribution in [0.25, 0.3) is 0 Å². The van der Waals surface area contributed by atoms with Gasteiger partial charge in [0.1, 0.15) is 11.8 Å². The molecule has 0 bridgehead atoms. The fourth-order valence-corrected chi connectivity index (χ4v) is 1.91. The first-order valence-electron chi connectivity index (χ1n) is 6.23. The maximum Gasteiger partial charge on any atom is 0.247 e. The fourth-order valence-electron chi connectivity index (χ4n) is 1.42. The van der Waals surface area contributed by atoms with Gasteiger partial charge in [0.15, 0.2) is 5.82 Å². The highest BCUT2D eigenvalue weighted by Crippen LogP contribution is 2.07. The zero-order chi connectivity index (χ0) is 15.1. The van der Waals surface area contributed by atoms with Crippen LogP contribution in [0.2, 0.25) is 0 Å². The summed E-state index contributed by atoms with van der Waals surface area (Å²) in [6, 6.07) is 0.295. The molecule has 0 aliphatic heterocycles. The summed E-state index contributed by atoms with van der Waals surface area (Å²) in [7, 11) is 0. The summed E-state index contributed by atoms with van der Waals surface area (Å²) in [4.78, 5) is 23.6. The Bertz CT molecular complexity index is 463.